The Hall–Kier alpha value is -2.70. The second-order valence-electron chi connectivity index (χ2n) is 5.42. The Morgan fingerprint density at radius 2 is 2.04 bits per heavy atom. The van der Waals surface area contributed by atoms with E-state index in [9.17, 15) is 9.59 Å². The van der Waals surface area contributed by atoms with Crippen molar-refractivity contribution in [3.05, 3.63) is 30.4 Å². The van der Waals surface area contributed by atoms with Gasteiger partial charge in [0.25, 0.3) is 0 Å². The summed E-state index contributed by atoms with van der Waals surface area (Å²) in [4.78, 5) is 22.9. The van der Waals surface area contributed by atoms with E-state index >= 15 is 0 Å². The zero-order valence-corrected chi connectivity index (χ0v) is 13.3. The molecule has 2 rings (SSSR count). The third-order valence-electron chi connectivity index (χ3n) is 2.80. The highest BCUT2D eigenvalue weighted by molar-refractivity contribution is 5.86. The smallest absolute Gasteiger partial charge is 0.412 e. The normalized spacial score (nSPS) is 14.0. The summed E-state index contributed by atoms with van der Waals surface area (Å²) in [5.41, 5.74) is 0.298. The molecule has 0 unspecified atom stereocenters. The van der Waals surface area contributed by atoms with Crippen molar-refractivity contribution in [2.24, 2.45) is 0 Å². The van der Waals surface area contributed by atoms with Crippen LogP contribution in [-0.2, 0) is 9.53 Å². The van der Waals surface area contributed by atoms with Crippen LogP contribution in [0.4, 0.5) is 4.79 Å². The number of hydrogen-bond donors (Lipinski definition) is 1. The van der Waals surface area contributed by atoms with Crippen molar-refractivity contribution in [3.8, 4) is 17.2 Å². The van der Waals surface area contributed by atoms with Crippen molar-refractivity contribution in [3.63, 3.8) is 0 Å². The van der Waals surface area contributed by atoms with Gasteiger partial charge in [0, 0.05) is 19.4 Å². The van der Waals surface area contributed by atoms with Gasteiger partial charge in [0.2, 0.25) is 11.5 Å². The van der Waals surface area contributed by atoms with Crippen molar-refractivity contribution in [1.82, 2.24) is 5.32 Å². The standard InChI is InChI=1S/C16H19NO6/c1-10(2)14(18)20-9-8-17-15(19)21-11-6-5-7-12-13(11)23-16(3,4)22-12/h5-7H,1,8-9H2,2-4H3,(H,17,19). The van der Waals surface area contributed by atoms with E-state index in [1.807, 2.05) is 0 Å². The monoisotopic (exact) mass is 321 g/mol. The summed E-state index contributed by atoms with van der Waals surface area (Å²) < 4.78 is 21.2. The van der Waals surface area contributed by atoms with E-state index in [4.69, 9.17) is 18.9 Å². The fourth-order valence-electron chi connectivity index (χ4n) is 1.84. The number of fused-ring (bicyclic) bond motifs is 1. The van der Waals surface area contributed by atoms with Crippen LogP contribution in [0.2, 0.25) is 0 Å². The Bertz CT molecular complexity index is 637. The van der Waals surface area contributed by atoms with Crippen LogP contribution < -0.4 is 19.5 Å². The Balaban J connectivity index is 1.84. The molecule has 0 saturated heterocycles. The second-order valence-corrected chi connectivity index (χ2v) is 5.42. The summed E-state index contributed by atoms with van der Waals surface area (Å²) >= 11 is 0. The van der Waals surface area contributed by atoms with Gasteiger partial charge in [-0.25, -0.2) is 9.59 Å². The van der Waals surface area contributed by atoms with Crippen LogP contribution in [-0.4, -0.2) is 31.0 Å². The first-order valence-electron chi connectivity index (χ1n) is 7.08. The van der Waals surface area contributed by atoms with Crippen LogP contribution >= 0.6 is 0 Å². The predicted molar refractivity (Wildman–Crippen MR) is 81.6 cm³/mol. The van der Waals surface area contributed by atoms with Crippen molar-refractivity contribution < 1.29 is 28.5 Å². The summed E-state index contributed by atoms with van der Waals surface area (Å²) in [5.74, 6) is -0.176. The van der Waals surface area contributed by atoms with Gasteiger partial charge < -0.3 is 24.3 Å². The molecule has 0 aromatic heterocycles. The average Bonchev–Trinajstić information content (AvgIpc) is 2.78. The van der Waals surface area contributed by atoms with E-state index in [1.165, 1.54) is 0 Å². The maximum atomic E-state index is 11.8. The molecule has 1 aromatic rings. The molecule has 0 radical (unpaired) electrons. The van der Waals surface area contributed by atoms with E-state index in [2.05, 4.69) is 11.9 Å². The molecular weight excluding hydrogens is 302 g/mol. The maximum absolute atomic E-state index is 11.8. The lowest BCUT2D eigenvalue weighted by atomic mass is 10.3. The fourth-order valence-corrected chi connectivity index (χ4v) is 1.84. The lowest BCUT2D eigenvalue weighted by molar-refractivity contribution is -0.138. The Morgan fingerprint density at radius 3 is 2.74 bits per heavy atom. The molecule has 0 saturated carbocycles. The van der Waals surface area contributed by atoms with Gasteiger partial charge in [-0.05, 0) is 19.1 Å². The number of para-hydroxylation sites is 1. The summed E-state index contributed by atoms with van der Waals surface area (Å²) in [6.07, 6.45) is -0.682. The lowest BCUT2D eigenvalue weighted by Gasteiger charge is -2.16. The molecule has 0 aliphatic carbocycles. The van der Waals surface area contributed by atoms with Crippen LogP contribution in [0.3, 0.4) is 0 Å². The lowest BCUT2D eigenvalue weighted by Crippen LogP contribution is -2.31. The highest BCUT2D eigenvalue weighted by Gasteiger charge is 2.34. The molecule has 0 atom stereocenters. The Kier molecular flexibility index (Phi) is 4.78. The minimum atomic E-state index is -0.810. The number of hydrogen-bond acceptors (Lipinski definition) is 6. The van der Waals surface area contributed by atoms with Crippen molar-refractivity contribution in [2.45, 2.75) is 26.6 Å². The number of ether oxygens (including phenoxy) is 4. The molecular formula is C16H19NO6. The van der Waals surface area contributed by atoms with Crippen molar-refractivity contribution in [1.29, 1.82) is 0 Å². The molecule has 1 aliphatic heterocycles. The molecule has 0 spiro atoms. The Labute approximate surface area is 134 Å². The molecule has 0 bridgehead atoms. The van der Waals surface area contributed by atoms with Gasteiger partial charge in [0.05, 0.1) is 6.54 Å². The van der Waals surface area contributed by atoms with E-state index < -0.39 is 17.8 Å². The summed E-state index contributed by atoms with van der Waals surface area (Å²) in [5, 5.41) is 2.47. The first-order valence-corrected chi connectivity index (χ1v) is 7.08. The van der Waals surface area contributed by atoms with Crippen LogP contribution in [0, 0.1) is 0 Å². The van der Waals surface area contributed by atoms with Crippen LogP contribution in [0.25, 0.3) is 0 Å². The van der Waals surface area contributed by atoms with Gasteiger partial charge in [-0.3, -0.25) is 0 Å². The highest BCUT2D eigenvalue weighted by Crippen LogP contribution is 2.45. The molecule has 124 valence electrons. The predicted octanol–water partition coefficient (Wildman–Crippen LogP) is 2.40. The second kappa shape index (κ2) is 6.60. The zero-order chi connectivity index (χ0) is 17.0. The molecule has 1 N–H and O–H groups in total. The van der Waals surface area contributed by atoms with Gasteiger partial charge in [0.15, 0.2) is 11.5 Å². The van der Waals surface area contributed by atoms with Crippen LogP contribution in [0.5, 0.6) is 17.2 Å². The number of benzene rings is 1. The molecule has 1 heterocycles. The first kappa shape index (κ1) is 16.7. The van der Waals surface area contributed by atoms with Crippen molar-refractivity contribution >= 4 is 12.1 Å². The van der Waals surface area contributed by atoms with Crippen LogP contribution in [0.15, 0.2) is 30.4 Å². The fraction of sp³-hybridized carbons (Fsp3) is 0.375. The van der Waals surface area contributed by atoms with E-state index in [1.54, 1.807) is 39.0 Å². The molecule has 1 amide bonds. The summed E-state index contributed by atoms with van der Waals surface area (Å²) in [7, 11) is 0. The van der Waals surface area contributed by atoms with Gasteiger partial charge in [-0.2, -0.15) is 0 Å². The number of amides is 1. The van der Waals surface area contributed by atoms with E-state index in [-0.39, 0.29) is 18.9 Å². The van der Waals surface area contributed by atoms with Gasteiger partial charge >= 0.3 is 12.1 Å². The molecule has 7 heteroatoms. The summed E-state index contributed by atoms with van der Waals surface area (Å²) in [6, 6.07) is 5.02. The largest absolute Gasteiger partial charge is 0.460 e. The molecule has 7 nitrogen and oxygen atoms in total. The molecule has 0 fully saturated rings. The topological polar surface area (TPSA) is 83.1 Å². The third kappa shape index (κ3) is 4.38. The number of carbonyl (C=O) groups excluding carboxylic acids is 2. The third-order valence-corrected chi connectivity index (χ3v) is 2.80. The number of rotatable bonds is 5. The van der Waals surface area contributed by atoms with Gasteiger partial charge in [0.1, 0.15) is 6.61 Å². The molecule has 1 aliphatic rings. The minimum absolute atomic E-state index is 0.0281. The summed E-state index contributed by atoms with van der Waals surface area (Å²) in [6.45, 7) is 8.66. The zero-order valence-electron chi connectivity index (χ0n) is 13.3. The molecule has 1 aromatic carbocycles. The number of esters is 1. The Morgan fingerprint density at radius 1 is 1.30 bits per heavy atom. The van der Waals surface area contributed by atoms with E-state index in [0.29, 0.717) is 17.1 Å². The highest BCUT2D eigenvalue weighted by atomic mass is 16.7. The van der Waals surface area contributed by atoms with Crippen LogP contribution in [0.1, 0.15) is 20.8 Å². The first-order chi connectivity index (χ1) is 10.8. The maximum Gasteiger partial charge on any atom is 0.412 e. The average molecular weight is 321 g/mol. The minimum Gasteiger partial charge on any atom is -0.460 e. The quantitative estimate of drug-likeness (QED) is 0.509. The van der Waals surface area contributed by atoms with Gasteiger partial charge in [-0.15, -0.1) is 0 Å². The SMILES string of the molecule is C=C(C)C(=O)OCCNC(=O)Oc1cccc2c1OC(C)(C)O2. The van der Waals surface area contributed by atoms with Crippen molar-refractivity contribution in [2.75, 3.05) is 13.2 Å². The van der Waals surface area contributed by atoms with E-state index in [0.717, 1.165) is 0 Å². The number of nitrogens with one attached hydrogen (secondary N) is 1. The van der Waals surface area contributed by atoms with Gasteiger partial charge in [-0.1, -0.05) is 12.6 Å². The number of carbonyl (C=O) groups is 2. The molecule has 23 heavy (non-hydrogen) atoms.